The van der Waals surface area contributed by atoms with Gasteiger partial charge in [-0.15, -0.1) is 21.0 Å². The third-order valence-corrected chi connectivity index (χ3v) is 5.94. The minimum Gasteiger partial charge on any atom is -0.345 e. The van der Waals surface area contributed by atoms with Crippen LogP contribution in [0, 0.1) is 0 Å². The SMILES string of the molecule is CCN(C)C(=O)CSc1ccc(C(=O)Nc2cccc(P)c2)c2ccccc12. The van der Waals surface area contributed by atoms with E-state index in [9.17, 15) is 9.59 Å². The molecule has 6 heteroatoms. The van der Waals surface area contributed by atoms with E-state index in [4.69, 9.17) is 0 Å². The number of benzene rings is 3. The van der Waals surface area contributed by atoms with Crippen LogP contribution in [-0.4, -0.2) is 36.1 Å². The van der Waals surface area contributed by atoms with Gasteiger partial charge in [-0.05, 0) is 47.3 Å². The van der Waals surface area contributed by atoms with E-state index in [0.29, 0.717) is 17.9 Å². The van der Waals surface area contributed by atoms with E-state index in [-0.39, 0.29) is 11.8 Å². The van der Waals surface area contributed by atoms with Crippen LogP contribution in [0.3, 0.4) is 0 Å². The minimum absolute atomic E-state index is 0.0933. The lowest BCUT2D eigenvalue weighted by Crippen LogP contribution is -2.27. The Balaban J connectivity index is 1.87. The van der Waals surface area contributed by atoms with Crippen LogP contribution in [-0.2, 0) is 4.79 Å². The first kappa shape index (κ1) is 20.4. The topological polar surface area (TPSA) is 49.4 Å². The molecule has 0 bridgehead atoms. The molecule has 0 aliphatic carbocycles. The van der Waals surface area contributed by atoms with Crippen LogP contribution in [0.15, 0.2) is 65.6 Å². The molecule has 3 aromatic carbocycles. The second-order valence-electron chi connectivity index (χ2n) is 6.43. The van der Waals surface area contributed by atoms with Gasteiger partial charge in [-0.25, -0.2) is 0 Å². The molecule has 2 amide bonds. The van der Waals surface area contributed by atoms with Crippen molar-refractivity contribution >= 4 is 54.6 Å². The van der Waals surface area contributed by atoms with E-state index in [1.165, 1.54) is 11.8 Å². The molecule has 4 nitrogen and oxygen atoms in total. The maximum Gasteiger partial charge on any atom is 0.256 e. The normalized spacial score (nSPS) is 10.7. The highest BCUT2D eigenvalue weighted by molar-refractivity contribution is 8.00. The van der Waals surface area contributed by atoms with Crippen molar-refractivity contribution < 1.29 is 9.59 Å². The number of rotatable bonds is 6. The highest BCUT2D eigenvalue weighted by Crippen LogP contribution is 2.31. The molecule has 0 radical (unpaired) electrons. The summed E-state index contributed by atoms with van der Waals surface area (Å²) in [6.45, 7) is 2.65. The van der Waals surface area contributed by atoms with Gasteiger partial charge in [0.2, 0.25) is 5.91 Å². The molecule has 0 saturated heterocycles. The first-order valence-electron chi connectivity index (χ1n) is 9.05. The van der Waals surface area contributed by atoms with E-state index in [1.54, 1.807) is 11.9 Å². The van der Waals surface area contributed by atoms with E-state index in [0.717, 1.165) is 26.7 Å². The van der Waals surface area contributed by atoms with Gasteiger partial charge in [0.25, 0.3) is 5.91 Å². The largest absolute Gasteiger partial charge is 0.345 e. The zero-order valence-electron chi connectivity index (χ0n) is 15.9. The number of fused-ring (bicyclic) bond motifs is 1. The van der Waals surface area contributed by atoms with Crippen molar-refractivity contribution in [3.63, 3.8) is 0 Å². The zero-order chi connectivity index (χ0) is 20.1. The molecule has 0 aliphatic heterocycles. The standard InChI is InChI=1S/C22H23N2O2PS/c1-3-24(2)21(25)14-28-20-12-11-19(17-9-4-5-10-18(17)20)22(26)23-15-7-6-8-16(27)13-15/h4-13H,3,14,27H2,1-2H3,(H,23,26). The first-order valence-corrected chi connectivity index (χ1v) is 10.6. The summed E-state index contributed by atoms with van der Waals surface area (Å²) < 4.78 is 0. The summed E-state index contributed by atoms with van der Waals surface area (Å²) in [5.74, 6) is 0.321. The van der Waals surface area contributed by atoms with Crippen LogP contribution in [0.5, 0.6) is 0 Å². The fourth-order valence-electron chi connectivity index (χ4n) is 2.84. The van der Waals surface area contributed by atoms with E-state index in [1.807, 2.05) is 67.6 Å². The predicted molar refractivity (Wildman–Crippen MR) is 122 cm³/mol. The van der Waals surface area contributed by atoms with Gasteiger partial charge in [0.05, 0.1) is 5.75 Å². The van der Waals surface area contributed by atoms with E-state index < -0.39 is 0 Å². The van der Waals surface area contributed by atoms with Gasteiger partial charge in [-0.3, -0.25) is 9.59 Å². The van der Waals surface area contributed by atoms with Gasteiger partial charge < -0.3 is 10.2 Å². The van der Waals surface area contributed by atoms with Crippen molar-refractivity contribution in [3.8, 4) is 0 Å². The van der Waals surface area contributed by atoms with E-state index in [2.05, 4.69) is 14.6 Å². The molecular formula is C22H23N2O2PS. The Morgan fingerprint density at radius 3 is 2.50 bits per heavy atom. The van der Waals surface area contributed by atoms with Crippen molar-refractivity contribution in [1.82, 2.24) is 4.90 Å². The average Bonchev–Trinajstić information content (AvgIpc) is 2.71. The van der Waals surface area contributed by atoms with Crippen molar-refractivity contribution in [2.75, 3.05) is 24.7 Å². The van der Waals surface area contributed by atoms with Crippen molar-refractivity contribution in [2.24, 2.45) is 0 Å². The Morgan fingerprint density at radius 2 is 1.79 bits per heavy atom. The molecule has 0 aliphatic rings. The molecule has 1 unspecified atom stereocenters. The van der Waals surface area contributed by atoms with Crippen LogP contribution < -0.4 is 10.6 Å². The summed E-state index contributed by atoms with van der Waals surface area (Å²) in [4.78, 5) is 27.7. The van der Waals surface area contributed by atoms with Gasteiger partial charge in [-0.1, -0.05) is 36.4 Å². The summed E-state index contributed by atoms with van der Waals surface area (Å²) in [5, 5.41) is 5.83. The maximum absolute atomic E-state index is 12.9. The fourth-order valence-corrected chi connectivity index (χ4v) is 4.12. The van der Waals surface area contributed by atoms with Crippen LogP contribution in [0.1, 0.15) is 17.3 Å². The lowest BCUT2D eigenvalue weighted by molar-refractivity contribution is -0.126. The molecule has 0 fully saturated rings. The molecule has 0 heterocycles. The first-order chi connectivity index (χ1) is 13.5. The number of amides is 2. The highest BCUT2D eigenvalue weighted by Gasteiger charge is 2.14. The molecule has 28 heavy (non-hydrogen) atoms. The van der Waals surface area contributed by atoms with E-state index >= 15 is 0 Å². The summed E-state index contributed by atoms with van der Waals surface area (Å²) in [6, 6.07) is 19.2. The molecule has 1 N–H and O–H groups in total. The summed E-state index contributed by atoms with van der Waals surface area (Å²) in [6.07, 6.45) is 0. The van der Waals surface area contributed by atoms with Crippen molar-refractivity contribution in [1.29, 1.82) is 0 Å². The van der Waals surface area contributed by atoms with Crippen LogP contribution in [0.2, 0.25) is 0 Å². The number of hydrogen-bond acceptors (Lipinski definition) is 3. The Morgan fingerprint density at radius 1 is 1.04 bits per heavy atom. The van der Waals surface area contributed by atoms with Gasteiger partial charge >= 0.3 is 0 Å². The number of nitrogens with one attached hydrogen (secondary N) is 1. The Hall–Kier alpha value is -2.36. The number of carbonyl (C=O) groups is 2. The fraction of sp³-hybridized carbons (Fsp3) is 0.182. The molecule has 0 saturated carbocycles. The summed E-state index contributed by atoms with van der Waals surface area (Å²) >= 11 is 1.50. The molecular weight excluding hydrogens is 387 g/mol. The molecule has 0 spiro atoms. The van der Waals surface area contributed by atoms with Crippen LogP contribution >= 0.6 is 21.0 Å². The van der Waals surface area contributed by atoms with Crippen LogP contribution in [0.25, 0.3) is 10.8 Å². The monoisotopic (exact) mass is 410 g/mol. The molecule has 3 aromatic rings. The Bertz CT molecular complexity index is 1020. The third-order valence-electron chi connectivity index (χ3n) is 4.52. The Kier molecular flexibility index (Phi) is 6.71. The molecule has 0 aromatic heterocycles. The van der Waals surface area contributed by atoms with Gasteiger partial charge in [0.1, 0.15) is 0 Å². The van der Waals surface area contributed by atoms with Crippen molar-refractivity contribution in [2.45, 2.75) is 11.8 Å². The smallest absolute Gasteiger partial charge is 0.256 e. The third kappa shape index (κ3) is 4.73. The molecule has 3 rings (SSSR count). The Labute approximate surface area is 171 Å². The number of carbonyl (C=O) groups excluding carboxylic acids is 2. The van der Waals surface area contributed by atoms with Gasteiger partial charge in [-0.2, -0.15) is 0 Å². The summed E-state index contributed by atoms with van der Waals surface area (Å²) in [5.41, 5.74) is 1.37. The highest BCUT2D eigenvalue weighted by atomic mass is 32.2. The predicted octanol–water partition coefficient (Wildman–Crippen LogP) is 4.16. The lowest BCUT2D eigenvalue weighted by Gasteiger charge is -2.15. The summed E-state index contributed by atoms with van der Waals surface area (Å²) in [7, 11) is 4.43. The van der Waals surface area contributed by atoms with Gasteiger partial charge in [0, 0.05) is 29.7 Å². The second-order valence-corrected chi connectivity index (χ2v) is 8.12. The minimum atomic E-state index is -0.148. The molecule has 144 valence electrons. The number of nitrogens with zero attached hydrogens (tertiary/aromatic N) is 1. The average molecular weight is 410 g/mol. The maximum atomic E-state index is 12.9. The van der Waals surface area contributed by atoms with Crippen LogP contribution in [0.4, 0.5) is 5.69 Å². The zero-order valence-corrected chi connectivity index (χ0v) is 17.9. The quantitative estimate of drug-likeness (QED) is 0.490. The lowest BCUT2D eigenvalue weighted by atomic mass is 10.0. The van der Waals surface area contributed by atoms with Crippen molar-refractivity contribution in [3.05, 3.63) is 66.2 Å². The number of anilines is 1. The number of hydrogen-bond donors (Lipinski definition) is 1. The molecule has 1 atom stereocenters. The number of thioether (sulfide) groups is 1. The second kappa shape index (κ2) is 9.22. The van der Waals surface area contributed by atoms with Gasteiger partial charge in [0.15, 0.2) is 0 Å².